The van der Waals surface area contributed by atoms with Crippen LogP contribution in [0.1, 0.15) is 80.9 Å². The topological polar surface area (TPSA) is 91.0 Å². The van der Waals surface area contributed by atoms with Gasteiger partial charge in [-0.05, 0) is 91.5 Å². The van der Waals surface area contributed by atoms with E-state index in [1.54, 1.807) is 0 Å². The number of amides is 3. The number of halogens is 1. The molecular weight excluding hydrogens is 600 g/mol. The molecule has 0 bridgehead atoms. The lowest BCUT2D eigenvalue weighted by molar-refractivity contribution is -0.140. The predicted octanol–water partition coefficient (Wildman–Crippen LogP) is 5.65. The zero-order valence-corrected chi connectivity index (χ0v) is 27.5. The SMILES string of the molecule is O=C(N[C@H](Cc1ccc(Cl)cc1)C(=O)N1CCC(CN2C(=O)OCC23CCC3)(C2CCCCC2)CC1)[C@H]1Cc2ccccc2CN1. The molecule has 2 saturated carbocycles. The van der Waals surface area contributed by atoms with Gasteiger partial charge in [0.1, 0.15) is 12.6 Å². The number of fused-ring (bicyclic) bond motifs is 1. The lowest BCUT2D eigenvalue weighted by Gasteiger charge is -2.53. The van der Waals surface area contributed by atoms with Crippen molar-refractivity contribution in [3.05, 3.63) is 70.2 Å². The van der Waals surface area contributed by atoms with Gasteiger partial charge in [0.05, 0.1) is 11.6 Å². The van der Waals surface area contributed by atoms with Crippen LogP contribution in [0.3, 0.4) is 0 Å². The molecule has 8 nitrogen and oxygen atoms in total. The molecule has 2 aliphatic carbocycles. The minimum atomic E-state index is -0.679. The van der Waals surface area contributed by atoms with Gasteiger partial charge in [-0.15, -0.1) is 0 Å². The summed E-state index contributed by atoms with van der Waals surface area (Å²) < 4.78 is 5.63. The summed E-state index contributed by atoms with van der Waals surface area (Å²) in [6.45, 7) is 3.15. The summed E-state index contributed by atoms with van der Waals surface area (Å²) in [5.41, 5.74) is 3.20. The zero-order valence-electron chi connectivity index (χ0n) is 26.8. The summed E-state index contributed by atoms with van der Waals surface area (Å²) in [6, 6.07) is 14.6. The summed E-state index contributed by atoms with van der Waals surface area (Å²) >= 11 is 6.17. The van der Waals surface area contributed by atoms with Crippen molar-refractivity contribution in [3.63, 3.8) is 0 Å². The molecule has 7 rings (SSSR count). The monoisotopic (exact) mass is 646 g/mol. The number of hydrogen-bond donors (Lipinski definition) is 2. The summed E-state index contributed by atoms with van der Waals surface area (Å²) in [6.07, 6.45) is 11.9. The van der Waals surface area contributed by atoms with E-state index in [1.807, 2.05) is 41.3 Å². The Bertz CT molecular complexity index is 1430. The maximum Gasteiger partial charge on any atom is 0.410 e. The molecule has 2 aromatic carbocycles. The fourth-order valence-electron chi connectivity index (χ4n) is 8.86. The lowest BCUT2D eigenvalue weighted by Crippen LogP contribution is -2.60. The molecule has 246 valence electrons. The van der Waals surface area contributed by atoms with Gasteiger partial charge in [-0.25, -0.2) is 4.79 Å². The van der Waals surface area contributed by atoms with Gasteiger partial charge in [0.15, 0.2) is 0 Å². The number of carbonyl (C=O) groups excluding carboxylic acids is 3. The van der Waals surface area contributed by atoms with E-state index in [0.29, 0.717) is 50.0 Å². The van der Waals surface area contributed by atoms with E-state index >= 15 is 0 Å². The minimum absolute atomic E-state index is 0.0164. The van der Waals surface area contributed by atoms with Crippen molar-refractivity contribution in [1.82, 2.24) is 20.4 Å². The average molecular weight is 647 g/mol. The number of rotatable bonds is 8. The molecule has 2 aromatic rings. The number of piperidine rings is 1. The molecule has 2 N–H and O–H groups in total. The molecule has 0 unspecified atom stereocenters. The van der Waals surface area contributed by atoms with E-state index in [0.717, 1.165) is 44.2 Å². The van der Waals surface area contributed by atoms with E-state index in [1.165, 1.54) is 43.2 Å². The van der Waals surface area contributed by atoms with Crippen LogP contribution >= 0.6 is 11.6 Å². The van der Waals surface area contributed by atoms with Crippen molar-refractivity contribution in [2.45, 2.75) is 101 Å². The fraction of sp³-hybridized carbons (Fsp3) is 0.595. The quantitative estimate of drug-likeness (QED) is 0.387. The van der Waals surface area contributed by atoms with E-state index in [2.05, 4.69) is 27.7 Å². The van der Waals surface area contributed by atoms with Crippen LogP contribution in [0.5, 0.6) is 0 Å². The number of ether oxygens (including phenoxy) is 1. The first-order valence-electron chi connectivity index (χ1n) is 17.4. The highest BCUT2D eigenvalue weighted by atomic mass is 35.5. The van der Waals surface area contributed by atoms with Crippen LogP contribution in [-0.4, -0.2) is 71.6 Å². The van der Waals surface area contributed by atoms with Crippen LogP contribution in [0.15, 0.2) is 48.5 Å². The summed E-state index contributed by atoms with van der Waals surface area (Å²) in [5.74, 6) is 0.371. The maximum absolute atomic E-state index is 14.3. The predicted molar refractivity (Wildman–Crippen MR) is 177 cm³/mol. The molecule has 46 heavy (non-hydrogen) atoms. The van der Waals surface area contributed by atoms with Crippen LogP contribution in [0, 0.1) is 11.3 Å². The first-order valence-corrected chi connectivity index (χ1v) is 17.8. The third kappa shape index (κ3) is 6.27. The maximum atomic E-state index is 14.3. The van der Waals surface area contributed by atoms with Crippen molar-refractivity contribution in [3.8, 4) is 0 Å². The van der Waals surface area contributed by atoms with Gasteiger partial charge in [-0.3, -0.25) is 14.5 Å². The van der Waals surface area contributed by atoms with Crippen LogP contribution < -0.4 is 10.6 Å². The molecule has 1 spiro atoms. The largest absolute Gasteiger partial charge is 0.447 e. The second kappa shape index (κ2) is 13.2. The standard InChI is InChI=1S/C37H47ClN4O4/c38-30-13-11-26(12-14-30)21-32(40-33(43)31-22-27-7-4-5-8-28(27)23-39-31)34(44)41-19-17-36(18-20-41,29-9-2-1-3-10-29)24-42-35(45)46-25-37(42)15-6-16-37/h4-5,7-8,11-14,29,31-32,39H,1-3,6,9-10,15-25H2,(H,40,43)/t31-,32-/m1/s1. The summed E-state index contributed by atoms with van der Waals surface area (Å²) in [5, 5.41) is 7.17. The molecule has 2 atom stereocenters. The molecule has 9 heteroatoms. The second-order valence-corrected chi connectivity index (χ2v) is 15.0. The van der Waals surface area contributed by atoms with Gasteiger partial charge < -0.3 is 20.3 Å². The Morgan fingerprint density at radius 3 is 2.37 bits per heavy atom. The molecule has 3 aliphatic heterocycles. The zero-order chi connectivity index (χ0) is 31.7. The number of likely N-dealkylation sites (tertiary alicyclic amines) is 1. The minimum Gasteiger partial charge on any atom is -0.447 e. The van der Waals surface area contributed by atoms with E-state index in [4.69, 9.17) is 16.3 Å². The first kappa shape index (κ1) is 31.5. The van der Waals surface area contributed by atoms with Gasteiger partial charge in [-0.1, -0.05) is 67.3 Å². The Morgan fingerprint density at radius 1 is 0.957 bits per heavy atom. The van der Waals surface area contributed by atoms with Gasteiger partial charge in [0.25, 0.3) is 0 Å². The highest BCUT2D eigenvalue weighted by molar-refractivity contribution is 6.30. The van der Waals surface area contributed by atoms with Gasteiger partial charge in [0.2, 0.25) is 11.8 Å². The van der Waals surface area contributed by atoms with Crippen molar-refractivity contribution in [2.75, 3.05) is 26.2 Å². The Balaban J connectivity index is 1.07. The van der Waals surface area contributed by atoms with Crippen molar-refractivity contribution < 1.29 is 19.1 Å². The van der Waals surface area contributed by atoms with Crippen molar-refractivity contribution >= 4 is 29.5 Å². The lowest BCUT2D eigenvalue weighted by atomic mass is 9.62. The molecule has 0 aromatic heterocycles. The van der Waals surface area contributed by atoms with E-state index < -0.39 is 12.1 Å². The Kier molecular flexibility index (Phi) is 9.03. The Morgan fingerprint density at radius 2 is 1.67 bits per heavy atom. The highest BCUT2D eigenvalue weighted by Gasteiger charge is 2.55. The number of nitrogens with zero attached hydrogens (tertiary/aromatic N) is 2. The Labute approximate surface area is 277 Å². The summed E-state index contributed by atoms with van der Waals surface area (Å²) in [7, 11) is 0. The number of cyclic esters (lactones) is 1. The van der Waals surface area contributed by atoms with Crippen molar-refractivity contribution in [2.24, 2.45) is 11.3 Å². The number of nitrogens with one attached hydrogen (secondary N) is 2. The Hall–Kier alpha value is -3.10. The molecule has 0 radical (unpaired) electrons. The van der Waals surface area contributed by atoms with E-state index in [9.17, 15) is 14.4 Å². The highest BCUT2D eigenvalue weighted by Crippen LogP contribution is 2.50. The van der Waals surface area contributed by atoms with Crippen LogP contribution in [0.2, 0.25) is 5.02 Å². The molecule has 4 fully saturated rings. The fourth-order valence-corrected chi connectivity index (χ4v) is 8.99. The molecule has 3 amide bonds. The average Bonchev–Trinajstić information content (AvgIpc) is 3.41. The first-order chi connectivity index (χ1) is 22.3. The molecule has 3 heterocycles. The second-order valence-electron chi connectivity index (χ2n) is 14.5. The number of carbonyl (C=O) groups is 3. The molecular formula is C37H47ClN4O4. The van der Waals surface area contributed by atoms with Crippen LogP contribution in [0.4, 0.5) is 4.79 Å². The van der Waals surface area contributed by atoms with Crippen LogP contribution in [0.25, 0.3) is 0 Å². The summed E-state index contributed by atoms with van der Waals surface area (Å²) in [4.78, 5) is 45.0. The van der Waals surface area contributed by atoms with Crippen molar-refractivity contribution in [1.29, 1.82) is 0 Å². The smallest absolute Gasteiger partial charge is 0.410 e. The van der Waals surface area contributed by atoms with Gasteiger partial charge in [-0.2, -0.15) is 0 Å². The number of benzene rings is 2. The van der Waals surface area contributed by atoms with Gasteiger partial charge in [0, 0.05) is 37.6 Å². The normalized spacial score (nSPS) is 24.5. The van der Waals surface area contributed by atoms with Gasteiger partial charge >= 0.3 is 6.09 Å². The number of hydrogen-bond acceptors (Lipinski definition) is 5. The third-order valence-corrected chi connectivity index (χ3v) is 12.2. The van der Waals surface area contributed by atoms with E-state index in [-0.39, 0.29) is 28.9 Å². The third-order valence-electron chi connectivity index (χ3n) is 11.9. The molecule has 5 aliphatic rings. The molecule has 2 saturated heterocycles. The van der Waals surface area contributed by atoms with Crippen LogP contribution in [-0.2, 0) is 33.7 Å².